The van der Waals surface area contributed by atoms with Crippen molar-refractivity contribution in [3.8, 4) is 10.4 Å². The maximum Gasteiger partial charge on any atom is 0.166 e. The molecule has 5 rings (SSSR count). The molecule has 2 fully saturated rings. The molecule has 0 aliphatic heterocycles. The quantitative estimate of drug-likeness (QED) is 0.0769. The Morgan fingerprint density at radius 3 is 2.14 bits per heavy atom. The lowest BCUT2D eigenvalue weighted by Crippen LogP contribution is -2.34. The van der Waals surface area contributed by atoms with Gasteiger partial charge in [-0.05, 0) is 72.7 Å². The summed E-state index contributed by atoms with van der Waals surface area (Å²) in [5.74, 6) is 3.07. The number of aliphatic hydroxyl groups excluding tert-OH is 1. The van der Waals surface area contributed by atoms with Gasteiger partial charge in [-0.1, -0.05) is 52.1 Å². The van der Waals surface area contributed by atoms with Crippen LogP contribution in [0.3, 0.4) is 0 Å². The molecule has 3 heterocycles. The molecule has 0 aromatic carbocycles. The van der Waals surface area contributed by atoms with E-state index in [9.17, 15) is 5.11 Å². The van der Waals surface area contributed by atoms with Gasteiger partial charge in [0, 0.05) is 41.5 Å². The van der Waals surface area contributed by atoms with Crippen LogP contribution in [0.15, 0.2) is 12.4 Å². The van der Waals surface area contributed by atoms with Crippen molar-refractivity contribution in [3.63, 3.8) is 0 Å². The van der Waals surface area contributed by atoms with Crippen LogP contribution in [-0.4, -0.2) is 67.5 Å². The zero-order valence-corrected chi connectivity index (χ0v) is 32.0. The van der Waals surface area contributed by atoms with Gasteiger partial charge in [0.25, 0.3) is 0 Å². The van der Waals surface area contributed by atoms with Crippen molar-refractivity contribution >= 4 is 61.5 Å². The minimum Gasteiger partial charge on any atom is -0.386 e. The Kier molecular flexibility index (Phi) is 10.8. The molecule has 43 heavy (non-hydrogen) atoms. The van der Waals surface area contributed by atoms with Crippen LogP contribution in [0.2, 0.25) is 51.4 Å². The monoisotopic (exact) mass is 755 g/mol. The highest BCUT2D eigenvalue weighted by Crippen LogP contribution is 2.49. The molecule has 4 atom stereocenters. The minimum absolute atomic E-state index is 0.446. The Morgan fingerprint density at radius 1 is 1.00 bits per heavy atom. The molecule has 3 aromatic heterocycles. The molecule has 0 saturated heterocycles. The number of aromatic nitrogens is 4. The van der Waals surface area contributed by atoms with E-state index in [2.05, 4.69) is 71.8 Å². The lowest BCUT2D eigenvalue weighted by molar-refractivity contribution is 0.0940. The van der Waals surface area contributed by atoms with E-state index < -0.39 is 22.3 Å². The molecular formula is C31H50IN5O3SSi2. The summed E-state index contributed by atoms with van der Waals surface area (Å²) in [6, 6.07) is 2.25. The fourth-order valence-electron chi connectivity index (χ4n) is 6.29. The SMILES string of the molecule is CC(O)c1ncc(-c2cnn3c(N(COCC[Si](C)(C)C)COCC[Si](C)(C)C)c(I)c(C4C[C@H]5CC[C@@H](C4)C5)nc23)s1. The second-order valence-corrected chi connectivity index (χ2v) is 28.5. The Balaban J connectivity index is 1.55. The van der Waals surface area contributed by atoms with E-state index in [1.54, 1.807) is 6.92 Å². The minimum atomic E-state index is -1.22. The van der Waals surface area contributed by atoms with Gasteiger partial charge in [-0.2, -0.15) is 9.61 Å². The Hall–Kier alpha value is -0.906. The number of thiazole rings is 1. The van der Waals surface area contributed by atoms with Crippen LogP contribution in [0.4, 0.5) is 5.82 Å². The molecule has 2 aliphatic carbocycles. The number of hydrogen-bond acceptors (Lipinski definition) is 8. The van der Waals surface area contributed by atoms with Gasteiger partial charge < -0.3 is 19.5 Å². The van der Waals surface area contributed by atoms with E-state index in [0.717, 1.165) is 62.6 Å². The zero-order chi connectivity index (χ0) is 30.9. The Labute approximate surface area is 277 Å². The van der Waals surface area contributed by atoms with E-state index in [0.29, 0.717) is 24.4 Å². The van der Waals surface area contributed by atoms with Gasteiger partial charge in [-0.3, -0.25) is 0 Å². The Bertz CT molecular complexity index is 1350. The van der Waals surface area contributed by atoms with Crippen molar-refractivity contribution in [2.45, 2.75) is 102 Å². The number of hydrogen-bond donors (Lipinski definition) is 1. The normalized spacial score (nSPS) is 21.6. The van der Waals surface area contributed by atoms with Gasteiger partial charge in [0.05, 0.1) is 25.9 Å². The highest BCUT2D eigenvalue weighted by atomic mass is 127. The molecule has 1 N–H and O–H groups in total. The maximum absolute atomic E-state index is 10.2. The summed E-state index contributed by atoms with van der Waals surface area (Å²) in [7, 11) is -2.43. The number of nitrogens with zero attached hydrogens (tertiary/aromatic N) is 5. The fraction of sp³-hybridized carbons (Fsp3) is 0.710. The standard InChI is InChI=1S/C31H50IN5O3SSi2/c1-21(38)30-33-18-26(41-30)25-17-34-37-29(25)35-28(24-15-22-8-9-23(14-22)16-24)27(32)31(37)36(19-39-10-12-42(2,3)4)20-40-11-13-43(5,6)7/h17-18,21-24,38H,8-16,19-20H2,1-7H3/t21?,22-,23+,24?. The van der Waals surface area contributed by atoms with Crippen molar-refractivity contribution in [1.29, 1.82) is 0 Å². The largest absolute Gasteiger partial charge is 0.386 e. The molecule has 2 aliphatic rings. The van der Waals surface area contributed by atoms with E-state index in [-0.39, 0.29) is 0 Å². The number of fused-ring (bicyclic) bond motifs is 3. The van der Waals surface area contributed by atoms with Crippen molar-refractivity contribution in [1.82, 2.24) is 19.6 Å². The average molecular weight is 756 g/mol. The summed E-state index contributed by atoms with van der Waals surface area (Å²) in [6.45, 7) is 18.5. The fourth-order valence-corrected chi connectivity index (χ4v) is 9.80. The number of anilines is 1. The summed E-state index contributed by atoms with van der Waals surface area (Å²) in [5.41, 5.74) is 3.00. The van der Waals surface area contributed by atoms with Gasteiger partial charge >= 0.3 is 0 Å². The first-order valence-corrected chi connectivity index (χ1v) is 25.2. The Morgan fingerprint density at radius 2 is 1.60 bits per heavy atom. The van der Waals surface area contributed by atoms with E-state index >= 15 is 0 Å². The van der Waals surface area contributed by atoms with Crippen molar-refractivity contribution < 1.29 is 14.6 Å². The first-order valence-electron chi connectivity index (χ1n) is 15.9. The van der Waals surface area contributed by atoms with E-state index in [1.807, 2.05) is 16.9 Å². The predicted octanol–water partition coefficient (Wildman–Crippen LogP) is 8.24. The molecular weight excluding hydrogens is 706 g/mol. The van der Waals surface area contributed by atoms with Crippen molar-refractivity contribution in [2.75, 3.05) is 31.6 Å². The average Bonchev–Trinajstić information content (AvgIpc) is 3.65. The molecule has 238 valence electrons. The number of halogens is 1. The molecule has 0 amide bonds. The summed E-state index contributed by atoms with van der Waals surface area (Å²) in [6.07, 6.45) is 9.67. The maximum atomic E-state index is 10.2. The van der Waals surface area contributed by atoms with Crippen LogP contribution >= 0.6 is 33.9 Å². The number of rotatable bonds is 14. The van der Waals surface area contributed by atoms with Gasteiger partial charge in [0.1, 0.15) is 24.6 Å². The third-order valence-electron chi connectivity index (χ3n) is 8.80. The summed E-state index contributed by atoms with van der Waals surface area (Å²) in [4.78, 5) is 13.1. The van der Waals surface area contributed by atoms with Crippen LogP contribution in [-0.2, 0) is 9.47 Å². The molecule has 2 saturated carbocycles. The summed E-state index contributed by atoms with van der Waals surface area (Å²) >= 11 is 4.03. The lowest BCUT2D eigenvalue weighted by Gasteiger charge is -2.31. The van der Waals surface area contributed by atoms with Crippen LogP contribution < -0.4 is 4.90 Å². The second-order valence-electron chi connectivity index (χ2n) is 15.1. The third kappa shape index (κ3) is 8.47. The van der Waals surface area contributed by atoms with Crippen LogP contribution in [0, 0.1) is 15.4 Å². The molecule has 2 unspecified atom stereocenters. The van der Waals surface area contributed by atoms with Gasteiger partial charge in [0.2, 0.25) is 0 Å². The zero-order valence-electron chi connectivity index (χ0n) is 27.0. The molecule has 0 radical (unpaired) electrons. The number of aliphatic hydroxyl groups is 1. The summed E-state index contributed by atoms with van der Waals surface area (Å²) < 4.78 is 15.9. The van der Waals surface area contributed by atoms with Gasteiger partial charge in [-0.15, -0.1) is 11.3 Å². The van der Waals surface area contributed by atoms with E-state index in [4.69, 9.17) is 19.6 Å². The number of ether oxygens (including phenoxy) is 2. The van der Waals surface area contributed by atoms with Crippen molar-refractivity contribution in [2.24, 2.45) is 11.8 Å². The van der Waals surface area contributed by atoms with Crippen molar-refractivity contribution in [3.05, 3.63) is 26.7 Å². The highest BCUT2D eigenvalue weighted by molar-refractivity contribution is 14.1. The van der Waals surface area contributed by atoms with Gasteiger partial charge in [0.15, 0.2) is 11.5 Å². The first-order chi connectivity index (χ1) is 20.3. The smallest absolute Gasteiger partial charge is 0.166 e. The topological polar surface area (TPSA) is 85.0 Å². The molecule has 2 bridgehead atoms. The predicted molar refractivity (Wildman–Crippen MR) is 191 cm³/mol. The molecule has 0 spiro atoms. The van der Waals surface area contributed by atoms with Gasteiger partial charge in [-0.25, -0.2) is 9.97 Å². The molecule has 12 heteroatoms. The van der Waals surface area contributed by atoms with Crippen LogP contribution in [0.5, 0.6) is 0 Å². The van der Waals surface area contributed by atoms with E-state index in [1.165, 1.54) is 49.1 Å². The lowest BCUT2D eigenvalue weighted by atomic mass is 9.79. The third-order valence-corrected chi connectivity index (χ3v) is 14.4. The highest BCUT2D eigenvalue weighted by Gasteiger charge is 2.37. The van der Waals surface area contributed by atoms with Crippen LogP contribution in [0.25, 0.3) is 16.1 Å². The first kappa shape index (κ1) is 33.5. The van der Waals surface area contributed by atoms with Crippen LogP contribution in [0.1, 0.15) is 61.8 Å². The summed E-state index contributed by atoms with van der Waals surface area (Å²) in [5, 5.41) is 15.8. The second kappa shape index (κ2) is 13.8. The molecule has 8 nitrogen and oxygen atoms in total. The molecule has 3 aromatic rings.